The lowest BCUT2D eigenvalue weighted by Crippen LogP contribution is -2.38. The van der Waals surface area contributed by atoms with E-state index in [4.69, 9.17) is 34.4 Å². The summed E-state index contributed by atoms with van der Waals surface area (Å²) in [6.45, 7) is 0. The molecule has 0 bridgehead atoms. The third-order valence-electron chi connectivity index (χ3n) is 4.00. The van der Waals surface area contributed by atoms with Crippen LogP contribution in [0, 0.1) is 5.92 Å². The van der Waals surface area contributed by atoms with Crippen LogP contribution in [0.5, 0.6) is 0 Å². The van der Waals surface area contributed by atoms with Gasteiger partial charge < -0.3 is 44.6 Å². The van der Waals surface area contributed by atoms with E-state index in [1.807, 2.05) is 0 Å². The maximum absolute atomic E-state index is 10.1. The lowest BCUT2D eigenvalue weighted by molar-refractivity contribution is 0.327. The van der Waals surface area contributed by atoms with E-state index in [1.54, 1.807) is 0 Å². The smallest absolute Gasteiger partial charge is 0.181 e. The van der Waals surface area contributed by atoms with Crippen LogP contribution < -0.4 is 34.4 Å². The van der Waals surface area contributed by atoms with Crippen LogP contribution in [0.2, 0.25) is 0 Å². The number of allylic oxidation sites excluding steroid dienone is 4. The molecule has 0 aromatic heterocycles. The Kier molecular flexibility index (Phi) is 2.26. The van der Waals surface area contributed by atoms with Gasteiger partial charge in [0.25, 0.3) is 0 Å². The highest BCUT2D eigenvalue weighted by molar-refractivity contribution is 5.70. The molecule has 14 N–H and O–H groups in total. The van der Waals surface area contributed by atoms with Crippen molar-refractivity contribution in [3.63, 3.8) is 0 Å². The second-order valence-electron chi connectivity index (χ2n) is 5.08. The van der Waals surface area contributed by atoms with Crippen molar-refractivity contribution in [2.24, 2.45) is 40.3 Å². The van der Waals surface area contributed by atoms with E-state index < -0.39 is 11.7 Å². The Morgan fingerprint density at radius 2 is 1.24 bits per heavy atom. The van der Waals surface area contributed by atoms with Gasteiger partial charge in [-0.05, 0) is 6.08 Å². The number of rotatable bonds is 0. The van der Waals surface area contributed by atoms with Crippen LogP contribution in [0.15, 0.2) is 68.5 Å². The Balaban J connectivity index is 2.48. The number of aliphatic hydroxyl groups excluding tert-OH is 2. The van der Waals surface area contributed by atoms with E-state index in [2.05, 4.69) is 0 Å². The van der Waals surface area contributed by atoms with Gasteiger partial charge in [0, 0.05) is 22.6 Å². The van der Waals surface area contributed by atoms with Gasteiger partial charge in [-0.1, -0.05) is 0 Å². The minimum atomic E-state index is -0.597. The number of hydrogen-bond donors (Lipinski definition) is 8. The molecule has 21 heavy (non-hydrogen) atoms. The van der Waals surface area contributed by atoms with E-state index in [1.165, 1.54) is 6.08 Å². The van der Waals surface area contributed by atoms with Gasteiger partial charge in [0.1, 0.15) is 0 Å². The molecule has 0 aromatic rings. The Hall–Kier alpha value is -3.16. The second kappa shape index (κ2) is 3.69. The van der Waals surface area contributed by atoms with Crippen molar-refractivity contribution in [1.29, 1.82) is 0 Å². The lowest BCUT2D eigenvalue weighted by Gasteiger charge is -2.38. The minimum absolute atomic E-state index is 0.0617. The van der Waals surface area contributed by atoms with E-state index in [9.17, 15) is 10.2 Å². The van der Waals surface area contributed by atoms with Crippen LogP contribution in [0.3, 0.4) is 0 Å². The molecule has 0 radical (unpaired) electrons. The fourth-order valence-electron chi connectivity index (χ4n) is 2.88. The second-order valence-corrected chi connectivity index (χ2v) is 5.08. The van der Waals surface area contributed by atoms with E-state index in [-0.39, 0.29) is 39.9 Å². The first kappa shape index (κ1) is 12.9. The topological polar surface area (TPSA) is 197 Å². The summed E-state index contributed by atoms with van der Waals surface area (Å²) in [6, 6.07) is 0. The molecule has 0 amide bonds. The summed E-state index contributed by atoms with van der Waals surface area (Å²) in [7, 11) is 0. The molecule has 0 aliphatic heterocycles. The molecular formula is C13H16N6O2. The van der Waals surface area contributed by atoms with Crippen LogP contribution in [0.4, 0.5) is 0 Å². The van der Waals surface area contributed by atoms with Gasteiger partial charge in [-0.15, -0.1) is 0 Å². The van der Waals surface area contributed by atoms with Crippen LogP contribution in [-0.4, -0.2) is 10.2 Å². The standard InChI is InChI=1S/C13H16N6O2/c14-3-1-2-4-5(7(3)15)8(16)11(19)9(17)6(4)10(18)13(21)12(2)20/h1,4,20-21H,14-19H2. The van der Waals surface area contributed by atoms with Crippen LogP contribution in [-0.2, 0) is 0 Å². The summed E-state index contributed by atoms with van der Waals surface area (Å²) in [6.07, 6.45) is 1.46. The number of hydrogen-bond acceptors (Lipinski definition) is 8. The Bertz CT molecular complexity index is 766. The molecule has 0 saturated heterocycles. The summed E-state index contributed by atoms with van der Waals surface area (Å²) in [5.41, 5.74) is 37.6. The maximum Gasteiger partial charge on any atom is 0.181 e. The van der Waals surface area contributed by atoms with Gasteiger partial charge in [-0.3, -0.25) is 0 Å². The van der Waals surface area contributed by atoms with Crippen molar-refractivity contribution >= 4 is 0 Å². The number of aliphatic hydroxyl groups is 2. The molecule has 0 saturated carbocycles. The normalized spacial score (nSPS) is 25.5. The molecule has 3 aliphatic carbocycles. The molecule has 8 nitrogen and oxygen atoms in total. The van der Waals surface area contributed by atoms with Crippen molar-refractivity contribution in [2.45, 2.75) is 0 Å². The minimum Gasteiger partial charge on any atom is -0.504 e. The molecular weight excluding hydrogens is 272 g/mol. The summed E-state index contributed by atoms with van der Waals surface area (Å²) < 4.78 is 0. The predicted octanol–water partition coefficient (Wildman–Crippen LogP) is -1.42. The van der Waals surface area contributed by atoms with Crippen molar-refractivity contribution in [1.82, 2.24) is 0 Å². The molecule has 1 unspecified atom stereocenters. The van der Waals surface area contributed by atoms with Crippen LogP contribution in [0.1, 0.15) is 0 Å². The highest BCUT2D eigenvalue weighted by Gasteiger charge is 2.43. The Labute approximate surface area is 120 Å². The molecule has 3 rings (SSSR count). The quantitative estimate of drug-likeness (QED) is 0.265. The summed E-state index contributed by atoms with van der Waals surface area (Å²) in [5, 5.41) is 20.1. The molecule has 1 atom stereocenters. The molecule has 3 aliphatic rings. The third kappa shape index (κ3) is 1.33. The van der Waals surface area contributed by atoms with Crippen molar-refractivity contribution in [2.75, 3.05) is 0 Å². The zero-order valence-corrected chi connectivity index (χ0v) is 11.0. The summed E-state index contributed by atoms with van der Waals surface area (Å²) in [5.74, 6) is -1.45. The van der Waals surface area contributed by atoms with Gasteiger partial charge >= 0.3 is 0 Å². The van der Waals surface area contributed by atoms with Gasteiger partial charge in [-0.2, -0.15) is 0 Å². The Morgan fingerprint density at radius 3 is 1.86 bits per heavy atom. The van der Waals surface area contributed by atoms with Gasteiger partial charge in [0.15, 0.2) is 11.5 Å². The fraction of sp³-hybridized carbons (Fsp3) is 0.0769. The van der Waals surface area contributed by atoms with Gasteiger partial charge in [0.2, 0.25) is 0 Å². The largest absolute Gasteiger partial charge is 0.504 e. The zero-order valence-electron chi connectivity index (χ0n) is 11.0. The lowest BCUT2D eigenvalue weighted by atomic mass is 9.70. The molecule has 0 fully saturated rings. The first-order valence-corrected chi connectivity index (χ1v) is 6.12. The van der Waals surface area contributed by atoms with E-state index in [0.717, 1.165) is 0 Å². The van der Waals surface area contributed by atoms with Gasteiger partial charge in [0.05, 0.1) is 34.2 Å². The first-order chi connectivity index (χ1) is 9.77. The number of nitrogens with two attached hydrogens (primary N) is 6. The van der Waals surface area contributed by atoms with E-state index >= 15 is 0 Å². The molecule has 110 valence electrons. The average Bonchev–Trinajstić information content (AvgIpc) is 2.45. The highest BCUT2D eigenvalue weighted by Crippen LogP contribution is 2.48. The first-order valence-electron chi connectivity index (χ1n) is 6.12. The Morgan fingerprint density at radius 1 is 0.667 bits per heavy atom. The van der Waals surface area contributed by atoms with Crippen molar-refractivity contribution < 1.29 is 10.2 Å². The molecule has 0 heterocycles. The average molecular weight is 288 g/mol. The third-order valence-corrected chi connectivity index (χ3v) is 4.00. The summed E-state index contributed by atoms with van der Waals surface area (Å²) >= 11 is 0. The zero-order chi connectivity index (χ0) is 15.6. The highest BCUT2D eigenvalue weighted by atomic mass is 16.3. The van der Waals surface area contributed by atoms with Crippen molar-refractivity contribution in [3.05, 3.63) is 68.5 Å². The molecule has 8 heteroatoms. The van der Waals surface area contributed by atoms with Crippen LogP contribution in [0.25, 0.3) is 0 Å². The monoisotopic (exact) mass is 288 g/mol. The van der Waals surface area contributed by atoms with Crippen LogP contribution >= 0.6 is 0 Å². The maximum atomic E-state index is 10.1. The molecule has 0 aromatic carbocycles. The summed E-state index contributed by atoms with van der Waals surface area (Å²) in [4.78, 5) is 0. The van der Waals surface area contributed by atoms with E-state index in [0.29, 0.717) is 16.7 Å². The molecule has 0 spiro atoms. The fourth-order valence-corrected chi connectivity index (χ4v) is 2.88. The SMILES string of the molecule is NC1=C(N)C2=C(N)C(N)=C(N)C3=C(N)C(O)=C(O)C(=C1)C23. The van der Waals surface area contributed by atoms with Crippen molar-refractivity contribution in [3.8, 4) is 0 Å². The predicted molar refractivity (Wildman–Crippen MR) is 77.1 cm³/mol. The van der Waals surface area contributed by atoms with Gasteiger partial charge in [-0.25, -0.2) is 0 Å².